The summed E-state index contributed by atoms with van der Waals surface area (Å²) in [6, 6.07) is 18.4. The van der Waals surface area contributed by atoms with E-state index in [9.17, 15) is 0 Å². The molecule has 128 valence electrons. The monoisotopic (exact) mass is 333 g/mol. The molecule has 1 aromatic carbocycles. The number of benzene rings is 1. The lowest BCUT2D eigenvalue weighted by molar-refractivity contribution is 0.665. The fourth-order valence-corrected chi connectivity index (χ4v) is 2.60. The standard InChI is InChI=1S/C20H23N5/c1-21-20(23-11-14-25-12-4-5-13-25)24-16-17-7-6-8-18(15-17)19-9-2-3-10-22-19/h2-10,12-13,15H,11,14,16H2,1H3,(H2,21,23,24). The van der Waals surface area contributed by atoms with Gasteiger partial charge in [-0.1, -0.05) is 24.3 Å². The van der Waals surface area contributed by atoms with Crippen molar-refractivity contribution in [3.8, 4) is 11.3 Å². The summed E-state index contributed by atoms with van der Waals surface area (Å²) < 4.78 is 2.14. The van der Waals surface area contributed by atoms with Crippen LogP contribution in [0.3, 0.4) is 0 Å². The molecule has 0 aliphatic rings. The smallest absolute Gasteiger partial charge is 0.191 e. The maximum atomic E-state index is 4.41. The summed E-state index contributed by atoms with van der Waals surface area (Å²) in [6.45, 7) is 2.44. The molecule has 0 atom stereocenters. The highest BCUT2D eigenvalue weighted by Gasteiger charge is 2.02. The molecular formula is C20H23N5. The molecule has 2 aromatic heterocycles. The lowest BCUT2D eigenvalue weighted by Gasteiger charge is -2.13. The molecule has 5 heteroatoms. The van der Waals surface area contributed by atoms with Gasteiger partial charge in [0.1, 0.15) is 0 Å². The predicted octanol–water partition coefficient (Wildman–Crippen LogP) is 2.92. The van der Waals surface area contributed by atoms with E-state index >= 15 is 0 Å². The van der Waals surface area contributed by atoms with Crippen molar-refractivity contribution in [2.45, 2.75) is 13.1 Å². The molecule has 0 bridgehead atoms. The van der Waals surface area contributed by atoms with E-state index in [2.05, 4.69) is 61.8 Å². The summed E-state index contributed by atoms with van der Waals surface area (Å²) in [5.41, 5.74) is 3.30. The normalized spacial score (nSPS) is 11.3. The molecule has 3 rings (SSSR count). The molecule has 2 heterocycles. The first kappa shape index (κ1) is 16.8. The Balaban J connectivity index is 1.53. The van der Waals surface area contributed by atoms with Crippen molar-refractivity contribution in [1.82, 2.24) is 20.2 Å². The number of hydrogen-bond donors (Lipinski definition) is 2. The quantitative estimate of drug-likeness (QED) is 0.539. The van der Waals surface area contributed by atoms with Crippen LogP contribution >= 0.6 is 0 Å². The zero-order valence-corrected chi connectivity index (χ0v) is 14.4. The first-order chi connectivity index (χ1) is 12.3. The molecule has 0 aliphatic carbocycles. The van der Waals surface area contributed by atoms with Crippen LogP contribution in [0.4, 0.5) is 0 Å². The molecule has 0 spiro atoms. The van der Waals surface area contributed by atoms with Crippen LogP contribution in [0.5, 0.6) is 0 Å². The highest BCUT2D eigenvalue weighted by molar-refractivity contribution is 5.79. The van der Waals surface area contributed by atoms with Crippen molar-refractivity contribution in [1.29, 1.82) is 0 Å². The van der Waals surface area contributed by atoms with Gasteiger partial charge >= 0.3 is 0 Å². The molecule has 0 aliphatic heterocycles. The summed E-state index contributed by atoms with van der Waals surface area (Å²) in [5.74, 6) is 0.801. The van der Waals surface area contributed by atoms with E-state index in [0.29, 0.717) is 6.54 Å². The van der Waals surface area contributed by atoms with E-state index in [1.807, 2.05) is 36.5 Å². The third-order valence-corrected chi connectivity index (χ3v) is 3.90. The SMILES string of the molecule is CN=C(NCCn1cccc1)NCc1cccc(-c2ccccn2)c1. The van der Waals surface area contributed by atoms with Gasteiger partial charge in [-0.25, -0.2) is 0 Å². The minimum atomic E-state index is 0.712. The first-order valence-electron chi connectivity index (χ1n) is 8.41. The Morgan fingerprint density at radius 2 is 1.92 bits per heavy atom. The van der Waals surface area contributed by atoms with Crippen LogP contribution in [-0.2, 0) is 13.1 Å². The number of guanidine groups is 1. The van der Waals surface area contributed by atoms with Crippen LogP contribution in [0.1, 0.15) is 5.56 Å². The van der Waals surface area contributed by atoms with Gasteiger partial charge in [-0.3, -0.25) is 9.98 Å². The van der Waals surface area contributed by atoms with Crippen LogP contribution < -0.4 is 10.6 Å². The second-order valence-electron chi connectivity index (χ2n) is 5.69. The Morgan fingerprint density at radius 1 is 1.04 bits per heavy atom. The minimum Gasteiger partial charge on any atom is -0.355 e. The van der Waals surface area contributed by atoms with E-state index in [-0.39, 0.29) is 0 Å². The third-order valence-electron chi connectivity index (χ3n) is 3.90. The maximum absolute atomic E-state index is 4.41. The van der Waals surface area contributed by atoms with Crippen molar-refractivity contribution in [2.75, 3.05) is 13.6 Å². The fourth-order valence-electron chi connectivity index (χ4n) is 2.60. The molecule has 0 radical (unpaired) electrons. The second kappa shape index (κ2) is 8.68. The van der Waals surface area contributed by atoms with Gasteiger partial charge in [0.05, 0.1) is 5.69 Å². The molecule has 2 N–H and O–H groups in total. The average Bonchev–Trinajstić information content (AvgIpc) is 3.19. The van der Waals surface area contributed by atoms with Crippen molar-refractivity contribution in [3.63, 3.8) is 0 Å². The van der Waals surface area contributed by atoms with E-state index < -0.39 is 0 Å². The summed E-state index contributed by atoms with van der Waals surface area (Å²) >= 11 is 0. The minimum absolute atomic E-state index is 0.712. The first-order valence-corrected chi connectivity index (χ1v) is 8.41. The highest BCUT2D eigenvalue weighted by Crippen LogP contribution is 2.17. The Kier molecular flexibility index (Phi) is 5.82. The number of aliphatic imine (C=N–C) groups is 1. The topological polar surface area (TPSA) is 54.2 Å². The maximum Gasteiger partial charge on any atom is 0.191 e. The van der Waals surface area contributed by atoms with Gasteiger partial charge in [0.2, 0.25) is 0 Å². The van der Waals surface area contributed by atoms with E-state index in [4.69, 9.17) is 0 Å². The Labute approximate surface area is 148 Å². The van der Waals surface area contributed by atoms with Gasteiger partial charge in [0.25, 0.3) is 0 Å². The van der Waals surface area contributed by atoms with E-state index in [0.717, 1.165) is 30.3 Å². The molecule has 5 nitrogen and oxygen atoms in total. The van der Waals surface area contributed by atoms with Gasteiger partial charge in [-0.2, -0.15) is 0 Å². The molecule has 25 heavy (non-hydrogen) atoms. The summed E-state index contributed by atoms with van der Waals surface area (Å²) in [6.07, 6.45) is 5.93. The van der Waals surface area contributed by atoms with Crippen LogP contribution in [-0.4, -0.2) is 29.1 Å². The molecule has 0 saturated heterocycles. The van der Waals surface area contributed by atoms with E-state index in [1.165, 1.54) is 5.56 Å². The molecule has 3 aromatic rings. The van der Waals surface area contributed by atoms with Gasteiger partial charge in [-0.15, -0.1) is 0 Å². The average molecular weight is 333 g/mol. The van der Waals surface area contributed by atoms with Gasteiger partial charge < -0.3 is 15.2 Å². The summed E-state index contributed by atoms with van der Waals surface area (Å²) in [5, 5.41) is 6.68. The number of aromatic nitrogens is 2. The number of rotatable bonds is 6. The second-order valence-corrected chi connectivity index (χ2v) is 5.69. The largest absolute Gasteiger partial charge is 0.355 e. The molecular weight excluding hydrogens is 310 g/mol. The summed E-state index contributed by atoms with van der Waals surface area (Å²) in [7, 11) is 1.79. The molecule has 0 fully saturated rings. The molecule has 0 amide bonds. The van der Waals surface area contributed by atoms with Crippen molar-refractivity contribution >= 4 is 5.96 Å². The number of hydrogen-bond acceptors (Lipinski definition) is 2. The number of nitrogens with zero attached hydrogens (tertiary/aromatic N) is 3. The molecule has 0 unspecified atom stereocenters. The number of pyridine rings is 1. The van der Waals surface area contributed by atoms with Crippen LogP contribution in [0.25, 0.3) is 11.3 Å². The zero-order chi connectivity index (χ0) is 17.3. The van der Waals surface area contributed by atoms with Gasteiger partial charge in [0.15, 0.2) is 5.96 Å². The Morgan fingerprint density at radius 3 is 2.68 bits per heavy atom. The molecule has 0 saturated carbocycles. The lowest BCUT2D eigenvalue weighted by Crippen LogP contribution is -2.38. The summed E-state index contributed by atoms with van der Waals surface area (Å²) in [4.78, 5) is 8.68. The van der Waals surface area contributed by atoms with E-state index in [1.54, 1.807) is 7.05 Å². The highest BCUT2D eigenvalue weighted by atomic mass is 15.2. The zero-order valence-electron chi connectivity index (χ0n) is 14.4. The van der Waals surface area contributed by atoms with Crippen molar-refractivity contribution in [3.05, 3.63) is 78.8 Å². The fraction of sp³-hybridized carbons (Fsp3) is 0.200. The van der Waals surface area contributed by atoms with Crippen LogP contribution in [0.15, 0.2) is 78.2 Å². The van der Waals surface area contributed by atoms with Crippen molar-refractivity contribution < 1.29 is 0 Å². The number of nitrogens with one attached hydrogen (secondary N) is 2. The van der Waals surface area contributed by atoms with Crippen LogP contribution in [0.2, 0.25) is 0 Å². The van der Waals surface area contributed by atoms with Gasteiger partial charge in [0, 0.05) is 50.8 Å². The van der Waals surface area contributed by atoms with Crippen molar-refractivity contribution in [2.24, 2.45) is 4.99 Å². The Hall–Kier alpha value is -3.08. The predicted molar refractivity (Wildman–Crippen MR) is 102 cm³/mol. The van der Waals surface area contributed by atoms with Crippen LogP contribution in [0, 0.1) is 0 Å². The van der Waals surface area contributed by atoms with Gasteiger partial charge in [-0.05, 0) is 35.9 Å². The lowest BCUT2D eigenvalue weighted by atomic mass is 10.1. The Bertz CT molecular complexity index is 794. The third kappa shape index (κ3) is 4.94.